The fraction of sp³-hybridized carbons (Fsp3) is 0.286. The molecule has 3 N–H and O–H groups in total. The predicted octanol–water partition coefficient (Wildman–Crippen LogP) is 2.25. The number of hydrazine groups is 1. The number of hydrogen-bond donors (Lipinski definition) is 2. The number of nitrogen functional groups attached to an aromatic ring is 1. The summed E-state index contributed by atoms with van der Waals surface area (Å²) in [5.74, 6) is 8.36. The van der Waals surface area contributed by atoms with Gasteiger partial charge in [0.1, 0.15) is 29.9 Å². The molecule has 7 heteroatoms. The molecule has 1 aliphatic heterocycles. The summed E-state index contributed by atoms with van der Waals surface area (Å²) in [6.07, 6.45) is 0.754. The van der Waals surface area contributed by atoms with Crippen LogP contribution in [0.1, 0.15) is 12.7 Å². The Balaban J connectivity index is 1.86. The van der Waals surface area contributed by atoms with E-state index in [-0.39, 0.29) is 0 Å². The van der Waals surface area contributed by atoms with Gasteiger partial charge in [-0.15, -0.1) is 0 Å². The third kappa shape index (κ3) is 3.20. The number of nitrogens with two attached hydrogens (primary N) is 1. The zero-order chi connectivity index (χ0) is 14.7. The minimum absolute atomic E-state index is 0.579. The van der Waals surface area contributed by atoms with Crippen LogP contribution < -0.4 is 20.7 Å². The first-order valence-corrected chi connectivity index (χ1v) is 7.52. The quantitative estimate of drug-likeness (QED) is 0.509. The Morgan fingerprint density at radius 3 is 2.76 bits per heavy atom. The summed E-state index contributed by atoms with van der Waals surface area (Å²) >= 11 is 1.54. The Morgan fingerprint density at radius 1 is 1.19 bits per heavy atom. The van der Waals surface area contributed by atoms with Gasteiger partial charge in [0.15, 0.2) is 11.5 Å². The Hall–Kier alpha value is -1.99. The van der Waals surface area contributed by atoms with Crippen LogP contribution in [0.2, 0.25) is 0 Å². The van der Waals surface area contributed by atoms with Gasteiger partial charge >= 0.3 is 0 Å². The molecule has 1 aromatic heterocycles. The standard InChI is InChI=1S/C14H16N4O2S/c1-2-12-16-13(18-15)8-14(17-12)21-9-3-4-10-11(7-9)20-6-5-19-10/h3-4,7-8H,2,5-6,15H2,1H3,(H,16,17,18). The molecule has 0 amide bonds. The van der Waals surface area contributed by atoms with Gasteiger partial charge in [-0.25, -0.2) is 15.8 Å². The lowest BCUT2D eigenvalue weighted by Gasteiger charge is -2.18. The van der Waals surface area contributed by atoms with E-state index < -0.39 is 0 Å². The van der Waals surface area contributed by atoms with E-state index in [1.165, 1.54) is 11.8 Å². The molecule has 1 aliphatic rings. The monoisotopic (exact) mass is 304 g/mol. The van der Waals surface area contributed by atoms with Crippen LogP contribution in [0, 0.1) is 0 Å². The minimum atomic E-state index is 0.579. The van der Waals surface area contributed by atoms with Gasteiger partial charge in [-0.2, -0.15) is 0 Å². The Kier molecular flexibility index (Phi) is 4.12. The van der Waals surface area contributed by atoms with Crippen LogP contribution in [-0.4, -0.2) is 23.2 Å². The first-order valence-electron chi connectivity index (χ1n) is 6.70. The number of aromatic nitrogens is 2. The molecule has 2 aromatic rings. The number of benzene rings is 1. The Morgan fingerprint density at radius 2 is 2.00 bits per heavy atom. The number of nitrogens with one attached hydrogen (secondary N) is 1. The first kappa shape index (κ1) is 14.0. The molecule has 21 heavy (non-hydrogen) atoms. The van der Waals surface area contributed by atoms with Gasteiger partial charge in [0.05, 0.1) is 0 Å². The van der Waals surface area contributed by atoms with E-state index in [2.05, 4.69) is 15.4 Å². The van der Waals surface area contributed by atoms with Gasteiger partial charge in [0, 0.05) is 17.4 Å². The van der Waals surface area contributed by atoms with E-state index in [1.54, 1.807) is 0 Å². The third-order valence-electron chi connectivity index (χ3n) is 2.95. The molecule has 0 atom stereocenters. The number of anilines is 1. The van der Waals surface area contributed by atoms with Gasteiger partial charge in [0.2, 0.25) is 0 Å². The first-order chi connectivity index (χ1) is 10.3. The van der Waals surface area contributed by atoms with Crippen LogP contribution in [0.25, 0.3) is 0 Å². The number of ether oxygens (including phenoxy) is 2. The molecule has 0 saturated heterocycles. The summed E-state index contributed by atoms with van der Waals surface area (Å²) in [6.45, 7) is 3.18. The van der Waals surface area contributed by atoms with Crippen molar-refractivity contribution in [2.45, 2.75) is 23.3 Å². The van der Waals surface area contributed by atoms with Gasteiger partial charge in [-0.1, -0.05) is 18.7 Å². The van der Waals surface area contributed by atoms with E-state index in [0.717, 1.165) is 33.7 Å². The highest BCUT2D eigenvalue weighted by atomic mass is 32.2. The highest BCUT2D eigenvalue weighted by Crippen LogP contribution is 2.36. The summed E-state index contributed by atoms with van der Waals surface area (Å²) in [5, 5.41) is 0.839. The average molecular weight is 304 g/mol. The maximum atomic E-state index is 5.59. The molecule has 0 unspecified atom stereocenters. The maximum Gasteiger partial charge on any atom is 0.162 e. The van der Waals surface area contributed by atoms with E-state index >= 15 is 0 Å². The molecule has 6 nitrogen and oxygen atoms in total. The van der Waals surface area contributed by atoms with Gasteiger partial charge in [0.25, 0.3) is 0 Å². The van der Waals surface area contributed by atoms with E-state index in [1.807, 2.05) is 31.2 Å². The molecule has 0 fully saturated rings. The molecule has 0 aliphatic carbocycles. The topological polar surface area (TPSA) is 82.3 Å². The molecule has 3 rings (SSSR count). The van der Waals surface area contributed by atoms with Gasteiger partial charge < -0.3 is 14.9 Å². The van der Waals surface area contributed by atoms with Crippen molar-refractivity contribution >= 4 is 17.6 Å². The Labute approximate surface area is 127 Å². The highest BCUT2D eigenvalue weighted by molar-refractivity contribution is 7.99. The second-order valence-electron chi connectivity index (χ2n) is 4.41. The van der Waals surface area contributed by atoms with Crippen LogP contribution in [0.3, 0.4) is 0 Å². The molecule has 1 aromatic carbocycles. The van der Waals surface area contributed by atoms with Crippen molar-refractivity contribution in [3.05, 3.63) is 30.1 Å². The highest BCUT2D eigenvalue weighted by Gasteiger charge is 2.13. The third-order valence-corrected chi connectivity index (χ3v) is 3.86. The number of aryl methyl sites for hydroxylation is 1. The fourth-order valence-electron chi connectivity index (χ4n) is 1.97. The number of hydrogen-bond acceptors (Lipinski definition) is 7. The van der Waals surface area contributed by atoms with Crippen molar-refractivity contribution in [3.8, 4) is 11.5 Å². The van der Waals surface area contributed by atoms with Crippen LogP contribution in [0.15, 0.2) is 34.2 Å². The van der Waals surface area contributed by atoms with Crippen molar-refractivity contribution in [1.82, 2.24) is 9.97 Å². The van der Waals surface area contributed by atoms with E-state index in [4.69, 9.17) is 15.3 Å². The lowest BCUT2D eigenvalue weighted by atomic mass is 10.3. The summed E-state index contributed by atoms with van der Waals surface area (Å²) in [4.78, 5) is 9.80. The lowest BCUT2D eigenvalue weighted by molar-refractivity contribution is 0.171. The second-order valence-corrected chi connectivity index (χ2v) is 5.51. The van der Waals surface area contributed by atoms with Crippen molar-refractivity contribution in [2.75, 3.05) is 18.6 Å². The predicted molar refractivity (Wildman–Crippen MR) is 80.8 cm³/mol. The molecule has 0 bridgehead atoms. The molecular formula is C14H16N4O2S. The lowest BCUT2D eigenvalue weighted by Crippen LogP contribution is -2.15. The SMILES string of the molecule is CCc1nc(NN)cc(Sc2ccc3c(c2)OCCO3)n1. The van der Waals surface area contributed by atoms with E-state index in [9.17, 15) is 0 Å². The molecule has 0 spiro atoms. The van der Waals surface area contributed by atoms with Crippen LogP contribution in [0.4, 0.5) is 5.82 Å². The molecule has 0 radical (unpaired) electrons. The molecule has 0 saturated carbocycles. The van der Waals surface area contributed by atoms with Gasteiger partial charge in [-0.05, 0) is 18.2 Å². The molecule has 2 heterocycles. The number of nitrogens with zero attached hydrogens (tertiary/aromatic N) is 2. The minimum Gasteiger partial charge on any atom is -0.486 e. The number of rotatable bonds is 4. The Bertz CT molecular complexity index is 629. The maximum absolute atomic E-state index is 5.59. The van der Waals surface area contributed by atoms with Gasteiger partial charge in [-0.3, -0.25) is 0 Å². The van der Waals surface area contributed by atoms with Crippen LogP contribution >= 0.6 is 11.8 Å². The zero-order valence-corrected chi connectivity index (χ0v) is 12.4. The second kappa shape index (κ2) is 6.19. The summed E-state index contributed by atoms with van der Waals surface area (Å²) in [6, 6.07) is 7.69. The smallest absolute Gasteiger partial charge is 0.162 e. The summed E-state index contributed by atoms with van der Waals surface area (Å²) in [5.41, 5.74) is 2.57. The summed E-state index contributed by atoms with van der Waals surface area (Å²) in [7, 11) is 0. The van der Waals surface area contributed by atoms with Crippen LogP contribution in [-0.2, 0) is 6.42 Å². The van der Waals surface area contributed by atoms with Crippen molar-refractivity contribution in [1.29, 1.82) is 0 Å². The largest absolute Gasteiger partial charge is 0.486 e. The van der Waals surface area contributed by atoms with Crippen LogP contribution in [0.5, 0.6) is 11.5 Å². The van der Waals surface area contributed by atoms with Crippen molar-refractivity contribution in [2.24, 2.45) is 5.84 Å². The molecule has 110 valence electrons. The fourth-order valence-corrected chi connectivity index (χ4v) is 2.83. The van der Waals surface area contributed by atoms with E-state index in [0.29, 0.717) is 19.0 Å². The van der Waals surface area contributed by atoms with Crippen molar-refractivity contribution < 1.29 is 9.47 Å². The van der Waals surface area contributed by atoms with Crippen molar-refractivity contribution in [3.63, 3.8) is 0 Å². The number of fused-ring (bicyclic) bond motifs is 1. The molecular weight excluding hydrogens is 288 g/mol. The normalized spacial score (nSPS) is 13.0. The average Bonchev–Trinajstić information content (AvgIpc) is 2.54. The zero-order valence-electron chi connectivity index (χ0n) is 11.6. The summed E-state index contributed by atoms with van der Waals surface area (Å²) < 4.78 is 11.1.